The number of carboxylic acids is 1. The molecule has 0 fully saturated rings. The largest absolute Gasteiger partial charge is 0.478 e. The summed E-state index contributed by atoms with van der Waals surface area (Å²) in [6.45, 7) is 1.68. The predicted octanol–water partition coefficient (Wildman–Crippen LogP) is 0.400. The van der Waals surface area contributed by atoms with Crippen molar-refractivity contribution >= 4 is 5.97 Å². The van der Waals surface area contributed by atoms with Crippen LogP contribution in [0.4, 0.5) is 0 Å². The van der Waals surface area contributed by atoms with Crippen molar-refractivity contribution in [2.45, 2.75) is 13.3 Å². The van der Waals surface area contributed by atoms with Crippen molar-refractivity contribution in [1.29, 1.82) is 0 Å². The highest BCUT2D eigenvalue weighted by Crippen LogP contribution is 1.96. The molecule has 0 aromatic carbocycles. The van der Waals surface area contributed by atoms with E-state index >= 15 is 0 Å². The molecule has 0 rings (SSSR count). The summed E-state index contributed by atoms with van der Waals surface area (Å²) >= 11 is 0. The van der Waals surface area contributed by atoms with Crippen LogP contribution in [0.3, 0.4) is 0 Å². The molecular weight excluding hydrogens is 120 g/mol. The summed E-state index contributed by atoms with van der Waals surface area (Å²) < 4.78 is 0. The van der Waals surface area contributed by atoms with E-state index in [1.54, 1.807) is 6.92 Å². The van der Waals surface area contributed by atoms with Gasteiger partial charge in [-0.15, -0.1) is 0 Å². The third-order valence-corrected chi connectivity index (χ3v) is 0.876. The number of aliphatic hydroxyl groups excluding tert-OH is 1. The minimum Gasteiger partial charge on any atom is -0.478 e. The van der Waals surface area contributed by atoms with E-state index in [1.165, 1.54) is 0 Å². The number of aliphatic hydroxyl groups is 1. The molecule has 0 saturated carbocycles. The molecule has 0 saturated heterocycles. The van der Waals surface area contributed by atoms with E-state index in [2.05, 4.69) is 0 Å². The maximum absolute atomic E-state index is 9.93. The van der Waals surface area contributed by atoms with Gasteiger partial charge in [-0.05, 0) is 13.3 Å². The van der Waals surface area contributed by atoms with Gasteiger partial charge in [-0.25, -0.2) is 4.79 Å². The molecule has 3 nitrogen and oxygen atoms in total. The lowest BCUT2D eigenvalue weighted by atomic mass is 10.2. The molecule has 0 spiro atoms. The van der Waals surface area contributed by atoms with Gasteiger partial charge in [0.25, 0.3) is 0 Å². The lowest BCUT2D eigenvalue weighted by Gasteiger charge is -1.91. The van der Waals surface area contributed by atoms with Gasteiger partial charge in [-0.2, -0.15) is 0 Å². The summed E-state index contributed by atoms with van der Waals surface area (Å²) in [5.41, 5.74) is 0.685. The molecule has 2 N–H and O–H groups in total. The molecule has 0 aliphatic rings. The molecule has 9 heavy (non-hydrogen) atoms. The normalized spacial score (nSPS) is 11.6. The van der Waals surface area contributed by atoms with Gasteiger partial charge in [0.15, 0.2) is 0 Å². The highest BCUT2D eigenvalue weighted by Gasteiger charge is 1.91. The second kappa shape index (κ2) is 4.09. The Labute approximate surface area is 53.6 Å². The Hall–Kier alpha value is -0.830. The number of hydrogen-bond donors (Lipinski definition) is 2. The van der Waals surface area contributed by atoms with Crippen LogP contribution in [-0.2, 0) is 4.79 Å². The van der Waals surface area contributed by atoms with E-state index in [4.69, 9.17) is 10.2 Å². The zero-order valence-electron chi connectivity index (χ0n) is 5.29. The van der Waals surface area contributed by atoms with E-state index in [-0.39, 0.29) is 6.61 Å². The van der Waals surface area contributed by atoms with Crippen molar-refractivity contribution in [3.63, 3.8) is 0 Å². The van der Waals surface area contributed by atoms with Crippen LogP contribution in [0.25, 0.3) is 0 Å². The fraction of sp³-hybridized carbons (Fsp3) is 0.500. The fourth-order valence-electron chi connectivity index (χ4n) is 0.459. The number of rotatable bonds is 3. The number of hydrogen-bond acceptors (Lipinski definition) is 2. The zero-order valence-corrected chi connectivity index (χ0v) is 5.29. The summed E-state index contributed by atoms with van der Waals surface area (Å²) in [5.74, 6) is -0.957. The molecule has 0 bridgehead atoms. The fourth-order valence-corrected chi connectivity index (χ4v) is 0.459. The molecule has 0 heterocycles. The first-order valence-electron chi connectivity index (χ1n) is 2.67. The first-order valence-corrected chi connectivity index (χ1v) is 2.67. The lowest BCUT2D eigenvalue weighted by Crippen LogP contribution is -1.91. The minimum atomic E-state index is -0.957. The van der Waals surface area contributed by atoms with Gasteiger partial charge in [0.2, 0.25) is 0 Å². The Balaban J connectivity index is 3.69. The summed E-state index contributed by atoms with van der Waals surface area (Å²) in [6, 6.07) is 0. The van der Waals surface area contributed by atoms with Crippen molar-refractivity contribution < 1.29 is 15.0 Å². The first-order chi connectivity index (χ1) is 4.16. The Morgan fingerprint density at radius 1 is 1.67 bits per heavy atom. The SMILES string of the molecule is CC(=CC(=O)O)CCO. The van der Waals surface area contributed by atoms with Crippen LogP contribution in [0.1, 0.15) is 13.3 Å². The molecule has 0 aromatic rings. The van der Waals surface area contributed by atoms with Gasteiger partial charge in [-0.3, -0.25) is 0 Å². The number of aliphatic carboxylic acids is 1. The van der Waals surface area contributed by atoms with Crippen LogP contribution < -0.4 is 0 Å². The van der Waals surface area contributed by atoms with Gasteiger partial charge in [0.05, 0.1) is 0 Å². The van der Waals surface area contributed by atoms with Gasteiger partial charge >= 0.3 is 5.97 Å². The van der Waals surface area contributed by atoms with Crippen LogP contribution in [0.2, 0.25) is 0 Å². The topological polar surface area (TPSA) is 57.5 Å². The molecule has 0 aromatic heterocycles. The van der Waals surface area contributed by atoms with Crippen LogP contribution in [-0.4, -0.2) is 22.8 Å². The molecule has 3 heteroatoms. The van der Waals surface area contributed by atoms with Crippen molar-refractivity contribution in [2.24, 2.45) is 0 Å². The van der Waals surface area contributed by atoms with Gasteiger partial charge < -0.3 is 10.2 Å². The van der Waals surface area contributed by atoms with Crippen molar-refractivity contribution in [2.75, 3.05) is 6.61 Å². The van der Waals surface area contributed by atoms with Gasteiger partial charge in [0.1, 0.15) is 0 Å². The summed E-state index contributed by atoms with van der Waals surface area (Å²) in [6.07, 6.45) is 1.53. The van der Waals surface area contributed by atoms with Crippen molar-refractivity contribution in [1.82, 2.24) is 0 Å². The Kier molecular flexibility index (Phi) is 3.71. The maximum atomic E-state index is 9.93. The van der Waals surface area contributed by atoms with E-state index in [9.17, 15) is 4.79 Å². The van der Waals surface area contributed by atoms with Gasteiger partial charge in [-0.1, -0.05) is 5.57 Å². The van der Waals surface area contributed by atoms with Crippen LogP contribution >= 0.6 is 0 Å². The average Bonchev–Trinajstić information content (AvgIpc) is 1.63. The van der Waals surface area contributed by atoms with E-state index in [0.29, 0.717) is 12.0 Å². The standard InChI is InChI=1S/C6H10O3/c1-5(2-3-7)4-6(8)9/h4,7H,2-3H2,1H3,(H,8,9). The lowest BCUT2D eigenvalue weighted by molar-refractivity contribution is -0.131. The summed E-state index contributed by atoms with van der Waals surface area (Å²) in [4.78, 5) is 9.93. The Morgan fingerprint density at radius 3 is 2.56 bits per heavy atom. The second-order valence-electron chi connectivity index (χ2n) is 1.80. The van der Waals surface area contributed by atoms with Crippen LogP contribution in [0, 0.1) is 0 Å². The highest BCUT2D eigenvalue weighted by molar-refractivity contribution is 5.80. The zero-order chi connectivity index (χ0) is 7.28. The quantitative estimate of drug-likeness (QED) is 0.543. The molecule has 0 aliphatic carbocycles. The Morgan fingerprint density at radius 2 is 2.22 bits per heavy atom. The van der Waals surface area contributed by atoms with Crippen LogP contribution in [0.15, 0.2) is 11.6 Å². The van der Waals surface area contributed by atoms with E-state index < -0.39 is 5.97 Å². The third-order valence-electron chi connectivity index (χ3n) is 0.876. The van der Waals surface area contributed by atoms with Crippen LogP contribution in [0.5, 0.6) is 0 Å². The Bertz CT molecular complexity index is 126. The summed E-state index contributed by atoms with van der Waals surface area (Å²) in [7, 11) is 0. The van der Waals surface area contributed by atoms with Crippen molar-refractivity contribution in [3.05, 3.63) is 11.6 Å². The number of carboxylic acid groups (broad SMARTS) is 1. The monoisotopic (exact) mass is 130 g/mol. The summed E-state index contributed by atoms with van der Waals surface area (Å²) in [5, 5.41) is 16.5. The number of carbonyl (C=O) groups is 1. The smallest absolute Gasteiger partial charge is 0.328 e. The maximum Gasteiger partial charge on any atom is 0.328 e. The molecular formula is C6H10O3. The predicted molar refractivity (Wildman–Crippen MR) is 33.1 cm³/mol. The van der Waals surface area contributed by atoms with Gasteiger partial charge in [0, 0.05) is 12.7 Å². The highest BCUT2D eigenvalue weighted by atomic mass is 16.4. The molecule has 0 atom stereocenters. The third kappa shape index (κ3) is 5.03. The van der Waals surface area contributed by atoms with E-state index in [0.717, 1.165) is 6.08 Å². The van der Waals surface area contributed by atoms with E-state index in [1.807, 2.05) is 0 Å². The molecule has 0 unspecified atom stereocenters. The molecule has 0 aliphatic heterocycles. The molecule has 0 radical (unpaired) electrons. The molecule has 0 amide bonds. The average molecular weight is 130 g/mol. The second-order valence-corrected chi connectivity index (χ2v) is 1.80. The minimum absolute atomic E-state index is 0.00954. The first kappa shape index (κ1) is 8.17. The molecule has 52 valence electrons. The van der Waals surface area contributed by atoms with Crippen molar-refractivity contribution in [3.8, 4) is 0 Å².